The highest BCUT2D eigenvalue weighted by molar-refractivity contribution is 9.09. The molecule has 3 aromatic rings. The summed E-state index contributed by atoms with van der Waals surface area (Å²) >= 11 is 3.45. The van der Waals surface area contributed by atoms with Crippen LogP contribution in [0.4, 0.5) is 11.4 Å². The Labute approximate surface area is 172 Å². The predicted octanol–water partition coefficient (Wildman–Crippen LogP) is 4.51. The second-order valence-corrected chi connectivity index (χ2v) is 8.29. The zero-order valence-electron chi connectivity index (χ0n) is 15.8. The predicted molar refractivity (Wildman–Crippen MR) is 118 cm³/mol. The van der Waals surface area contributed by atoms with Gasteiger partial charge in [0.25, 0.3) is 5.91 Å². The van der Waals surface area contributed by atoms with Gasteiger partial charge in [0.2, 0.25) is 0 Å². The van der Waals surface area contributed by atoms with Gasteiger partial charge in [-0.3, -0.25) is 4.79 Å². The van der Waals surface area contributed by atoms with E-state index in [0.717, 1.165) is 59.4 Å². The number of carbonyl (C=O) groups excluding carboxylic acids is 1. The molecule has 2 aliphatic rings. The average molecular weight is 439 g/mol. The lowest BCUT2D eigenvalue weighted by molar-refractivity contribution is 0.0635. The second kappa shape index (κ2) is 6.85. The van der Waals surface area contributed by atoms with Crippen molar-refractivity contribution in [2.75, 3.05) is 35.7 Å². The normalized spacial score (nSPS) is 18.1. The molecule has 0 saturated carbocycles. The number of hydrogen-bond acceptors (Lipinski definition) is 3. The minimum absolute atomic E-state index is 0.0802. The number of fused-ring (bicyclic) bond motifs is 6. The molecule has 2 N–H and O–H groups in total. The van der Waals surface area contributed by atoms with Gasteiger partial charge in [0, 0.05) is 42.1 Å². The van der Waals surface area contributed by atoms with Gasteiger partial charge in [0.1, 0.15) is 6.17 Å². The SMILES string of the molecule is CN1c2ccc(NCCCBr)cc2C(=O)N2CCc3c([nH]c4ccccc34)C21. The van der Waals surface area contributed by atoms with Crippen molar-refractivity contribution in [3.63, 3.8) is 0 Å². The zero-order valence-corrected chi connectivity index (χ0v) is 17.4. The number of carbonyl (C=O) groups is 1. The first-order chi connectivity index (χ1) is 13.7. The van der Waals surface area contributed by atoms with Crippen LogP contribution < -0.4 is 10.2 Å². The van der Waals surface area contributed by atoms with Gasteiger partial charge in [-0.05, 0) is 42.7 Å². The topological polar surface area (TPSA) is 51.4 Å². The zero-order chi connectivity index (χ0) is 19.3. The van der Waals surface area contributed by atoms with E-state index in [1.165, 1.54) is 10.9 Å². The molecule has 6 heteroatoms. The molecule has 3 heterocycles. The van der Waals surface area contributed by atoms with Crippen molar-refractivity contribution >= 4 is 44.1 Å². The summed E-state index contributed by atoms with van der Waals surface area (Å²) in [5, 5.41) is 5.65. The summed E-state index contributed by atoms with van der Waals surface area (Å²) < 4.78 is 0. The van der Waals surface area contributed by atoms with Crippen LogP contribution in [0.15, 0.2) is 42.5 Å². The molecule has 0 aliphatic carbocycles. The quantitative estimate of drug-likeness (QED) is 0.465. The number of hydrogen-bond donors (Lipinski definition) is 2. The second-order valence-electron chi connectivity index (χ2n) is 7.50. The molecule has 0 bridgehead atoms. The molecule has 1 aromatic heterocycles. The lowest BCUT2D eigenvalue weighted by Gasteiger charge is -2.46. The Balaban J connectivity index is 1.55. The fraction of sp³-hybridized carbons (Fsp3) is 0.318. The molecule has 0 spiro atoms. The van der Waals surface area contributed by atoms with Crippen molar-refractivity contribution < 1.29 is 4.79 Å². The molecular weight excluding hydrogens is 416 g/mol. The third-order valence-corrected chi connectivity index (χ3v) is 6.44. The monoisotopic (exact) mass is 438 g/mol. The Bertz CT molecular complexity index is 1060. The van der Waals surface area contributed by atoms with Crippen LogP contribution in [0.5, 0.6) is 0 Å². The first-order valence-corrected chi connectivity index (χ1v) is 10.9. The number of aromatic nitrogens is 1. The summed E-state index contributed by atoms with van der Waals surface area (Å²) in [6.45, 7) is 1.63. The van der Waals surface area contributed by atoms with Crippen molar-refractivity contribution in [2.24, 2.45) is 0 Å². The maximum Gasteiger partial charge on any atom is 0.257 e. The van der Waals surface area contributed by atoms with Gasteiger partial charge >= 0.3 is 0 Å². The van der Waals surface area contributed by atoms with E-state index in [9.17, 15) is 4.79 Å². The fourth-order valence-corrected chi connectivity index (χ4v) is 4.83. The minimum Gasteiger partial charge on any atom is -0.385 e. The molecule has 1 amide bonds. The van der Waals surface area contributed by atoms with Gasteiger partial charge in [0.15, 0.2) is 0 Å². The molecule has 0 radical (unpaired) electrons. The van der Waals surface area contributed by atoms with E-state index in [1.807, 2.05) is 11.0 Å². The van der Waals surface area contributed by atoms with Gasteiger partial charge in [0.05, 0.1) is 16.9 Å². The first kappa shape index (κ1) is 17.6. The Morgan fingerprint density at radius 1 is 1.25 bits per heavy atom. The number of halogens is 1. The third kappa shape index (κ3) is 2.62. The number of nitrogens with zero attached hydrogens (tertiary/aromatic N) is 2. The standard InChI is InChI=1S/C22H23BrN4O/c1-26-19-8-7-14(24-11-4-10-23)13-17(19)22(28)27-12-9-16-15-5-2-3-6-18(15)25-20(16)21(26)27/h2-3,5-8,13,21,24-25H,4,9-12H2,1H3. The molecule has 5 rings (SSSR count). The summed E-state index contributed by atoms with van der Waals surface area (Å²) in [5.41, 5.74) is 6.41. The minimum atomic E-state index is -0.0802. The van der Waals surface area contributed by atoms with E-state index in [-0.39, 0.29) is 12.1 Å². The van der Waals surface area contributed by atoms with Crippen LogP contribution in [0.3, 0.4) is 0 Å². The highest BCUT2D eigenvalue weighted by atomic mass is 79.9. The number of nitrogens with one attached hydrogen (secondary N) is 2. The lowest BCUT2D eigenvalue weighted by Crippen LogP contribution is -2.51. The van der Waals surface area contributed by atoms with Crippen molar-refractivity contribution in [1.29, 1.82) is 0 Å². The maximum atomic E-state index is 13.4. The highest BCUT2D eigenvalue weighted by Crippen LogP contribution is 2.43. The number of benzene rings is 2. The molecule has 1 unspecified atom stereocenters. The van der Waals surface area contributed by atoms with E-state index >= 15 is 0 Å². The van der Waals surface area contributed by atoms with Crippen molar-refractivity contribution in [2.45, 2.75) is 19.0 Å². The number of rotatable bonds is 4. The molecule has 1 atom stereocenters. The molecule has 2 aromatic carbocycles. The Kier molecular flexibility index (Phi) is 4.31. The first-order valence-electron chi connectivity index (χ1n) is 9.76. The van der Waals surface area contributed by atoms with Crippen LogP contribution in [0, 0.1) is 0 Å². The Morgan fingerprint density at radius 2 is 2.11 bits per heavy atom. The molecule has 28 heavy (non-hydrogen) atoms. The fourth-order valence-electron chi connectivity index (χ4n) is 4.55. The van der Waals surface area contributed by atoms with E-state index in [4.69, 9.17) is 0 Å². The van der Waals surface area contributed by atoms with Crippen LogP contribution in [-0.4, -0.2) is 41.3 Å². The van der Waals surface area contributed by atoms with Crippen molar-refractivity contribution in [1.82, 2.24) is 9.88 Å². The van der Waals surface area contributed by atoms with Gasteiger partial charge in [-0.1, -0.05) is 34.1 Å². The molecule has 144 valence electrons. The summed E-state index contributed by atoms with van der Waals surface area (Å²) in [7, 11) is 2.08. The van der Waals surface area contributed by atoms with Crippen LogP contribution >= 0.6 is 15.9 Å². The Hall–Kier alpha value is -2.47. The van der Waals surface area contributed by atoms with Crippen molar-refractivity contribution in [3.05, 3.63) is 59.3 Å². The van der Waals surface area contributed by atoms with Crippen LogP contribution in [0.2, 0.25) is 0 Å². The number of para-hydroxylation sites is 1. The third-order valence-electron chi connectivity index (χ3n) is 5.88. The van der Waals surface area contributed by atoms with Gasteiger partial charge in [-0.2, -0.15) is 0 Å². The molecule has 5 nitrogen and oxygen atoms in total. The largest absolute Gasteiger partial charge is 0.385 e. The summed E-state index contributed by atoms with van der Waals surface area (Å²) in [6, 6.07) is 14.6. The van der Waals surface area contributed by atoms with E-state index in [1.54, 1.807) is 0 Å². The van der Waals surface area contributed by atoms with Gasteiger partial charge < -0.3 is 20.1 Å². The molecule has 0 fully saturated rings. The molecule has 0 saturated heterocycles. The van der Waals surface area contributed by atoms with E-state index in [2.05, 4.69) is 74.6 Å². The summed E-state index contributed by atoms with van der Waals surface area (Å²) in [6.07, 6.45) is 1.85. The number of aromatic amines is 1. The highest BCUT2D eigenvalue weighted by Gasteiger charge is 2.41. The average Bonchev–Trinajstić information content (AvgIpc) is 3.10. The molecular formula is C22H23BrN4O. The van der Waals surface area contributed by atoms with Crippen LogP contribution in [0.25, 0.3) is 10.9 Å². The number of amides is 1. The smallest absolute Gasteiger partial charge is 0.257 e. The maximum absolute atomic E-state index is 13.4. The number of H-pyrrole nitrogens is 1. The lowest BCUT2D eigenvalue weighted by atomic mass is 9.96. The Morgan fingerprint density at radius 3 is 2.96 bits per heavy atom. The van der Waals surface area contributed by atoms with Gasteiger partial charge in [-0.15, -0.1) is 0 Å². The summed E-state index contributed by atoms with van der Waals surface area (Å²) in [4.78, 5) is 21.2. The van der Waals surface area contributed by atoms with Gasteiger partial charge in [-0.25, -0.2) is 0 Å². The number of alkyl halides is 1. The van der Waals surface area contributed by atoms with Crippen molar-refractivity contribution in [3.8, 4) is 0 Å². The number of anilines is 2. The summed E-state index contributed by atoms with van der Waals surface area (Å²) in [5.74, 6) is 0.117. The van der Waals surface area contributed by atoms with Crippen LogP contribution in [0.1, 0.15) is 34.2 Å². The van der Waals surface area contributed by atoms with E-state index < -0.39 is 0 Å². The van der Waals surface area contributed by atoms with Crippen LogP contribution in [-0.2, 0) is 6.42 Å². The molecule has 2 aliphatic heterocycles. The van der Waals surface area contributed by atoms with E-state index in [0.29, 0.717) is 0 Å².